The topological polar surface area (TPSA) is 70.7 Å². The zero-order valence-electron chi connectivity index (χ0n) is 14.9. The Kier molecular flexibility index (Phi) is 6.20. The van der Waals surface area contributed by atoms with E-state index in [1.54, 1.807) is 25.3 Å². The maximum Gasteiger partial charge on any atom is 0.238 e. The molecule has 2 N–H and O–H groups in total. The van der Waals surface area contributed by atoms with Crippen molar-refractivity contribution in [3.05, 3.63) is 18.2 Å². The molecule has 1 aromatic rings. The van der Waals surface area contributed by atoms with Gasteiger partial charge in [0.2, 0.25) is 11.8 Å². The fourth-order valence-electron chi connectivity index (χ4n) is 3.40. The van der Waals surface area contributed by atoms with Crippen molar-refractivity contribution < 1.29 is 14.3 Å². The van der Waals surface area contributed by atoms with Crippen LogP contribution in [0.1, 0.15) is 27.2 Å². The molecule has 1 heterocycles. The van der Waals surface area contributed by atoms with Gasteiger partial charge in [-0.15, -0.1) is 0 Å². The van der Waals surface area contributed by atoms with Crippen LogP contribution >= 0.6 is 0 Å². The van der Waals surface area contributed by atoms with Gasteiger partial charge in [0, 0.05) is 25.7 Å². The number of nitrogens with one attached hydrogen (secondary N) is 2. The van der Waals surface area contributed by atoms with Gasteiger partial charge in [-0.05, 0) is 36.5 Å². The van der Waals surface area contributed by atoms with Crippen LogP contribution in [0, 0.1) is 11.8 Å². The lowest BCUT2D eigenvalue weighted by Crippen LogP contribution is -2.42. The number of anilines is 2. The Morgan fingerprint density at radius 1 is 1.21 bits per heavy atom. The SMILES string of the molecule is COc1ccc(NC(C)=O)cc1NC(=O)CN1C[C@@H](C)C[C@H](C)C1. The van der Waals surface area contributed by atoms with Gasteiger partial charge in [-0.1, -0.05) is 13.8 Å². The van der Waals surface area contributed by atoms with Crippen LogP contribution < -0.4 is 15.4 Å². The van der Waals surface area contributed by atoms with Crippen molar-refractivity contribution in [1.29, 1.82) is 0 Å². The van der Waals surface area contributed by atoms with Crippen LogP contribution in [-0.4, -0.2) is 43.5 Å². The third-order valence-corrected chi connectivity index (χ3v) is 4.11. The number of methoxy groups -OCH3 is 1. The molecule has 1 fully saturated rings. The zero-order chi connectivity index (χ0) is 17.7. The second-order valence-electron chi connectivity index (χ2n) is 6.78. The third kappa shape index (κ3) is 5.23. The van der Waals surface area contributed by atoms with Crippen LogP contribution in [0.5, 0.6) is 5.75 Å². The number of carbonyl (C=O) groups excluding carboxylic acids is 2. The minimum Gasteiger partial charge on any atom is -0.495 e. The average molecular weight is 333 g/mol. The predicted octanol–water partition coefficient (Wildman–Crippen LogP) is 2.57. The molecule has 6 heteroatoms. The van der Waals surface area contributed by atoms with Crippen molar-refractivity contribution >= 4 is 23.2 Å². The van der Waals surface area contributed by atoms with Crippen molar-refractivity contribution in [2.24, 2.45) is 11.8 Å². The van der Waals surface area contributed by atoms with E-state index < -0.39 is 0 Å². The highest BCUT2D eigenvalue weighted by Crippen LogP contribution is 2.28. The van der Waals surface area contributed by atoms with E-state index in [4.69, 9.17) is 4.74 Å². The van der Waals surface area contributed by atoms with Gasteiger partial charge in [-0.2, -0.15) is 0 Å². The maximum absolute atomic E-state index is 12.4. The average Bonchev–Trinajstić information content (AvgIpc) is 2.45. The second-order valence-corrected chi connectivity index (χ2v) is 6.78. The van der Waals surface area contributed by atoms with E-state index in [9.17, 15) is 9.59 Å². The van der Waals surface area contributed by atoms with Gasteiger partial charge >= 0.3 is 0 Å². The first-order valence-corrected chi connectivity index (χ1v) is 8.35. The molecule has 1 aliphatic rings. The summed E-state index contributed by atoms with van der Waals surface area (Å²) in [5.41, 5.74) is 1.19. The van der Waals surface area contributed by atoms with E-state index in [1.807, 2.05) is 0 Å². The summed E-state index contributed by atoms with van der Waals surface area (Å²) >= 11 is 0. The lowest BCUT2D eigenvalue weighted by molar-refractivity contribution is -0.118. The van der Waals surface area contributed by atoms with Crippen molar-refractivity contribution in [3.8, 4) is 5.75 Å². The smallest absolute Gasteiger partial charge is 0.238 e. The highest BCUT2D eigenvalue weighted by atomic mass is 16.5. The second kappa shape index (κ2) is 8.15. The molecule has 2 rings (SSSR count). The number of hydrogen-bond acceptors (Lipinski definition) is 4. The molecule has 0 aromatic heterocycles. The standard InChI is InChI=1S/C18H27N3O3/c1-12-7-13(2)10-21(9-12)11-18(23)20-16-8-15(19-14(3)22)5-6-17(16)24-4/h5-6,8,12-13H,7,9-11H2,1-4H3,(H,19,22)(H,20,23)/t12-,13-/m0/s1. The summed E-state index contributed by atoms with van der Waals surface area (Å²) < 4.78 is 5.29. The van der Waals surface area contributed by atoms with Crippen molar-refractivity contribution in [2.75, 3.05) is 37.4 Å². The van der Waals surface area contributed by atoms with Gasteiger partial charge in [-0.25, -0.2) is 0 Å². The summed E-state index contributed by atoms with van der Waals surface area (Å²) in [5, 5.41) is 5.60. The van der Waals surface area contributed by atoms with E-state index in [0.29, 0.717) is 35.5 Å². The number of ether oxygens (including phenoxy) is 1. The Hall–Kier alpha value is -2.08. The van der Waals surface area contributed by atoms with E-state index in [-0.39, 0.29) is 11.8 Å². The molecule has 0 aliphatic carbocycles. The van der Waals surface area contributed by atoms with Gasteiger partial charge in [0.1, 0.15) is 5.75 Å². The van der Waals surface area contributed by atoms with Gasteiger partial charge in [0.05, 0.1) is 19.3 Å². The Morgan fingerprint density at radius 2 is 1.88 bits per heavy atom. The lowest BCUT2D eigenvalue weighted by Gasteiger charge is -2.34. The summed E-state index contributed by atoms with van der Waals surface area (Å²) in [6.07, 6.45) is 1.21. The molecule has 24 heavy (non-hydrogen) atoms. The molecule has 6 nitrogen and oxygen atoms in total. The molecular formula is C18H27N3O3. The van der Waals surface area contributed by atoms with Crippen LogP contribution in [0.3, 0.4) is 0 Å². The van der Waals surface area contributed by atoms with Gasteiger partial charge in [0.25, 0.3) is 0 Å². The number of rotatable bonds is 5. The number of benzene rings is 1. The Morgan fingerprint density at radius 3 is 2.46 bits per heavy atom. The molecule has 0 radical (unpaired) electrons. The van der Waals surface area contributed by atoms with Crippen molar-refractivity contribution in [3.63, 3.8) is 0 Å². The summed E-state index contributed by atoms with van der Waals surface area (Å²) in [5.74, 6) is 1.56. The minimum atomic E-state index is -0.159. The summed E-state index contributed by atoms with van der Waals surface area (Å²) in [4.78, 5) is 25.8. The van der Waals surface area contributed by atoms with E-state index >= 15 is 0 Å². The zero-order valence-corrected chi connectivity index (χ0v) is 14.9. The van der Waals surface area contributed by atoms with Gasteiger partial charge in [0.15, 0.2) is 0 Å². The van der Waals surface area contributed by atoms with Crippen LogP contribution in [0.25, 0.3) is 0 Å². The molecular weight excluding hydrogens is 306 g/mol. The Bertz CT molecular complexity index is 593. The normalized spacial score (nSPS) is 21.2. The molecule has 132 valence electrons. The molecule has 0 saturated carbocycles. The third-order valence-electron chi connectivity index (χ3n) is 4.11. The lowest BCUT2D eigenvalue weighted by atomic mass is 9.92. The first-order chi connectivity index (χ1) is 11.4. The Labute approximate surface area is 143 Å². The molecule has 0 unspecified atom stereocenters. The summed E-state index contributed by atoms with van der Waals surface area (Å²) in [6, 6.07) is 5.18. The molecule has 1 saturated heterocycles. The van der Waals surface area contributed by atoms with E-state index in [1.165, 1.54) is 13.3 Å². The van der Waals surface area contributed by atoms with Crippen LogP contribution in [-0.2, 0) is 9.59 Å². The van der Waals surface area contributed by atoms with Crippen molar-refractivity contribution in [1.82, 2.24) is 4.90 Å². The van der Waals surface area contributed by atoms with E-state index in [0.717, 1.165) is 13.1 Å². The molecule has 2 amide bonds. The van der Waals surface area contributed by atoms with Gasteiger partial charge < -0.3 is 15.4 Å². The van der Waals surface area contributed by atoms with Crippen molar-refractivity contribution in [2.45, 2.75) is 27.2 Å². The molecule has 2 atom stereocenters. The first-order valence-electron chi connectivity index (χ1n) is 8.35. The maximum atomic E-state index is 12.4. The monoisotopic (exact) mass is 333 g/mol. The van der Waals surface area contributed by atoms with Crippen LogP contribution in [0.15, 0.2) is 18.2 Å². The van der Waals surface area contributed by atoms with Gasteiger partial charge in [-0.3, -0.25) is 14.5 Å². The minimum absolute atomic E-state index is 0.0745. The van der Waals surface area contributed by atoms with E-state index in [2.05, 4.69) is 29.4 Å². The molecule has 0 spiro atoms. The number of amides is 2. The number of piperidine rings is 1. The highest BCUT2D eigenvalue weighted by Gasteiger charge is 2.23. The fraction of sp³-hybridized carbons (Fsp3) is 0.556. The molecule has 1 aliphatic heterocycles. The number of likely N-dealkylation sites (tertiary alicyclic amines) is 1. The first kappa shape index (κ1) is 18.3. The highest BCUT2D eigenvalue weighted by molar-refractivity contribution is 5.95. The van der Waals surface area contributed by atoms with Crippen LogP contribution in [0.4, 0.5) is 11.4 Å². The largest absolute Gasteiger partial charge is 0.495 e. The molecule has 0 bridgehead atoms. The summed E-state index contributed by atoms with van der Waals surface area (Å²) in [6.45, 7) is 8.14. The fourth-order valence-corrected chi connectivity index (χ4v) is 3.40. The number of hydrogen-bond donors (Lipinski definition) is 2. The number of nitrogens with zero attached hydrogens (tertiary/aromatic N) is 1. The summed E-state index contributed by atoms with van der Waals surface area (Å²) in [7, 11) is 1.55. The number of carbonyl (C=O) groups is 2. The predicted molar refractivity (Wildman–Crippen MR) is 95.3 cm³/mol. The molecule has 1 aromatic carbocycles. The quantitative estimate of drug-likeness (QED) is 0.869. The van der Waals surface area contributed by atoms with Crippen LogP contribution in [0.2, 0.25) is 0 Å². The Balaban J connectivity index is 2.03.